The minimum Gasteiger partial charge on any atom is -0.360 e. The summed E-state index contributed by atoms with van der Waals surface area (Å²) in [5, 5.41) is 23.8. The first-order chi connectivity index (χ1) is 9.22. The maximum absolute atomic E-state index is 8.63. The quantitative estimate of drug-likeness (QED) is 0.841. The Labute approximate surface area is 109 Å². The van der Waals surface area contributed by atoms with Gasteiger partial charge in [-0.2, -0.15) is 15.5 Å². The Balaban J connectivity index is 2.24. The highest BCUT2D eigenvalue weighted by Gasteiger charge is 2.06. The number of hydrogen-bond acceptors (Lipinski definition) is 6. The summed E-state index contributed by atoms with van der Waals surface area (Å²) >= 11 is 0. The van der Waals surface area contributed by atoms with Gasteiger partial charge < -0.3 is 9.84 Å². The van der Waals surface area contributed by atoms with Crippen LogP contribution in [0.25, 0.3) is 11.5 Å². The molecule has 0 spiro atoms. The smallest absolute Gasteiger partial charge is 0.257 e. The molecule has 19 heavy (non-hydrogen) atoms. The second-order valence-corrected chi connectivity index (χ2v) is 3.65. The third-order valence-electron chi connectivity index (χ3n) is 2.26. The first-order valence-corrected chi connectivity index (χ1v) is 5.40. The molecule has 92 valence electrons. The Morgan fingerprint density at radius 1 is 1.37 bits per heavy atom. The average molecular weight is 251 g/mol. The van der Waals surface area contributed by atoms with Crippen molar-refractivity contribution in [3.8, 4) is 23.6 Å². The molecule has 0 saturated heterocycles. The van der Waals surface area contributed by atoms with Crippen LogP contribution in [-0.2, 0) is 0 Å². The molecule has 1 aromatic heterocycles. The van der Waals surface area contributed by atoms with Gasteiger partial charge in [-0.25, -0.2) is 0 Å². The fraction of sp³-hybridized carbons (Fsp3) is 0.0769. The zero-order valence-electron chi connectivity index (χ0n) is 10.1. The van der Waals surface area contributed by atoms with Crippen molar-refractivity contribution in [3.05, 3.63) is 41.9 Å². The van der Waals surface area contributed by atoms with Gasteiger partial charge in [0.05, 0.1) is 0 Å². The summed E-state index contributed by atoms with van der Waals surface area (Å²) in [6.07, 6.45) is 1.35. The van der Waals surface area contributed by atoms with Crippen molar-refractivity contribution in [3.63, 3.8) is 0 Å². The van der Waals surface area contributed by atoms with Crippen LogP contribution in [0, 0.1) is 29.6 Å². The van der Waals surface area contributed by atoms with Crippen molar-refractivity contribution in [2.45, 2.75) is 6.92 Å². The fourth-order valence-electron chi connectivity index (χ4n) is 1.40. The molecule has 0 aliphatic rings. The van der Waals surface area contributed by atoms with Gasteiger partial charge in [-0.05, 0) is 25.1 Å². The predicted molar refractivity (Wildman–Crippen MR) is 67.4 cm³/mol. The third kappa shape index (κ3) is 2.96. The lowest BCUT2D eigenvalue weighted by molar-refractivity contribution is 0.425. The molecule has 6 nitrogen and oxygen atoms in total. The molecule has 0 radical (unpaired) electrons. The number of rotatable bonds is 3. The van der Waals surface area contributed by atoms with Crippen molar-refractivity contribution in [2.75, 3.05) is 5.32 Å². The van der Waals surface area contributed by atoms with Crippen molar-refractivity contribution in [2.24, 2.45) is 0 Å². The number of nitrogens with one attached hydrogen (secondary N) is 1. The standard InChI is InChI=1S/C13H9N5O/c1-9-17-13(19-18-9)11-3-2-4-12(5-11)16-8-10(6-14)7-15/h2-5,8,16H,1H3. The van der Waals surface area contributed by atoms with E-state index in [0.29, 0.717) is 11.7 Å². The summed E-state index contributed by atoms with van der Waals surface area (Å²) in [5.41, 5.74) is 1.48. The molecule has 6 heteroatoms. The van der Waals surface area contributed by atoms with E-state index in [1.165, 1.54) is 6.20 Å². The highest BCUT2D eigenvalue weighted by molar-refractivity contribution is 5.62. The van der Waals surface area contributed by atoms with Crippen molar-refractivity contribution in [1.29, 1.82) is 10.5 Å². The third-order valence-corrected chi connectivity index (χ3v) is 2.26. The maximum atomic E-state index is 8.63. The van der Waals surface area contributed by atoms with Gasteiger partial charge in [0.25, 0.3) is 5.89 Å². The number of hydrogen-bond donors (Lipinski definition) is 1. The summed E-state index contributed by atoms with van der Waals surface area (Å²) in [5.74, 6) is 0.982. The van der Waals surface area contributed by atoms with Crippen LogP contribution in [0.2, 0.25) is 0 Å². The lowest BCUT2D eigenvalue weighted by Crippen LogP contribution is -1.90. The highest BCUT2D eigenvalue weighted by Crippen LogP contribution is 2.21. The summed E-state index contributed by atoms with van der Waals surface area (Å²) in [4.78, 5) is 4.12. The monoisotopic (exact) mass is 251 g/mol. The fourth-order valence-corrected chi connectivity index (χ4v) is 1.40. The summed E-state index contributed by atoms with van der Waals surface area (Å²) in [6, 6.07) is 10.8. The molecular weight excluding hydrogens is 242 g/mol. The van der Waals surface area contributed by atoms with E-state index in [2.05, 4.69) is 15.5 Å². The van der Waals surface area contributed by atoms with Gasteiger partial charge in [-0.15, -0.1) is 0 Å². The Bertz CT molecular complexity index is 686. The Hall–Kier alpha value is -3.12. The molecule has 2 aromatic rings. The van der Waals surface area contributed by atoms with Crippen LogP contribution in [0.5, 0.6) is 0 Å². The lowest BCUT2D eigenvalue weighted by Gasteiger charge is -2.01. The minimum absolute atomic E-state index is 0.000891. The van der Waals surface area contributed by atoms with E-state index >= 15 is 0 Å². The van der Waals surface area contributed by atoms with E-state index < -0.39 is 0 Å². The molecule has 0 aliphatic carbocycles. The lowest BCUT2D eigenvalue weighted by atomic mass is 10.2. The number of benzene rings is 1. The zero-order valence-corrected chi connectivity index (χ0v) is 10.1. The molecular formula is C13H9N5O. The summed E-state index contributed by atoms with van der Waals surface area (Å²) in [7, 11) is 0. The van der Waals surface area contributed by atoms with Gasteiger partial charge >= 0.3 is 0 Å². The van der Waals surface area contributed by atoms with Gasteiger partial charge in [0.15, 0.2) is 5.82 Å². The summed E-state index contributed by atoms with van der Waals surface area (Å²) < 4.78 is 5.06. The molecule has 1 N–H and O–H groups in total. The Kier molecular flexibility index (Phi) is 3.56. The van der Waals surface area contributed by atoms with Crippen molar-refractivity contribution in [1.82, 2.24) is 10.1 Å². The molecule has 0 fully saturated rings. The van der Waals surface area contributed by atoms with Gasteiger partial charge in [0.1, 0.15) is 17.7 Å². The molecule has 0 unspecified atom stereocenters. The first-order valence-electron chi connectivity index (χ1n) is 5.40. The number of allylic oxidation sites excluding steroid dienone is 1. The van der Waals surface area contributed by atoms with E-state index in [4.69, 9.17) is 15.0 Å². The predicted octanol–water partition coefficient (Wildman–Crippen LogP) is 2.39. The van der Waals surface area contributed by atoms with Crippen LogP contribution in [0.1, 0.15) is 5.82 Å². The zero-order chi connectivity index (χ0) is 13.7. The number of nitriles is 2. The van der Waals surface area contributed by atoms with Crippen LogP contribution >= 0.6 is 0 Å². The molecule has 0 saturated carbocycles. The van der Waals surface area contributed by atoms with Crippen molar-refractivity contribution < 1.29 is 4.52 Å². The number of aromatic nitrogens is 2. The Morgan fingerprint density at radius 3 is 2.79 bits per heavy atom. The Morgan fingerprint density at radius 2 is 2.16 bits per heavy atom. The molecule has 2 rings (SSSR count). The second kappa shape index (κ2) is 5.48. The first kappa shape index (κ1) is 12.3. The average Bonchev–Trinajstić information content (AvgIpc) is 2.87. The van der Waals surface area contributed by atoms with Gasteiger partial charge in [-0.1, -0.05) is 11.2 Å². The normalized spacial score (nSPS) is 9.21. The molecule has 0 atom stereocenters. The maximum Gasteiger partial charge on any atom is 0.257 e. The topological polar surface area (TPSA) is 98.5 Å². The molecule has 1 aromatic carbocycles. The highest BCUT2D eigenvalue weighted by atomic mass is 16.5. The summed E-state index contributed by atoms with van der Waals surface area (Å²) in [6.45, 7) is 1.74. The molecule has 0 amide bonds. The van der Waals surface area contributed by atoms with Crippen LogP contribution < -0.4 is 5.32 Å². The van der Waals surface area contributed by atoms with E-state index in [1.54, 1.807) is 31.2 Å². The van der Waals surface area contributed by atoms with Crippen LogP contribution in [0.15, 0.2) is 40.6 Å². The van der Waals surface area contributed by atoms with Crippen LogP contribution in [-0.4, -0.2) is 10.1 Å². The van der Waals surface area contributed by atoms with E-state index in [9.17, 15) is 0 Å². The van der Waals surface area contributed by atoms with E-state index in [-0.39, 0.29) is 5.57 Å². The largest absolute Gasteiger partial charge is 0.360 e. The minimum atomic E-state index is -0.000891. The van der Waals surface area contributed by atoms with Gasteiger partial charge in [0, 0.05) is 17.5 Å². The second-order valence-electron chi connectivity index (χ2n) is 3.65. The SMILES string of the molecule is Cc1noc(-c2cccc(NC=C(C#N)C#N)c2)n1. The van der Waals surface area contributed by atoms with Gasteiger partial charge in [0.2, 0.25) is 0 Å². The molecule has 0 aliphatic heterocycles. The number of nitrogens with zero attached hydrogens (tertiary/aromatic N) is 4. The van der Waals surface area contributed by atoms with E-state index in [0.717, 1.165) is 11.3 Å². The molecule has 1 heterocycles. The van der Waals surface area contributed by atoms with Crippen LogP contribution in [0.3, 0.4) is 0 Å². The number of anilines is 1. The van der Waals surface area contributed by atoms with Crippen molar-refractivity contribution >= 4 is 5.69 Å². The van der Waals surface area contributed by atoms with Gasteiger partial charge in [-0.3, -0.25) is 0 Å². The van der Waals surface area contributed by atoms with E-state index in [1.807, 2.05) is 12.1 Å². The molecule has 0 bridgehead atoms. The van der Waals surface area contributed by atoms with Crippen LogP contribution in [0.4, 0.5) is 5.69 Å². The number of aryl methyl sites for hydroxylation is 1.